The molecule has 106 valence electrons. The Labute approximate surface area is 115 Å². The van der Waals surface area contributed by atoms with Gasteiger partial charge in [0, 0.05) is 0 Å². The molecule has 0 spiro atoms. The molecule has 0 aromatic heterocycles. The number of carboxylic acids is 1. The molecule has 0 aliphatic heterocycles. The van der Waals surface area contributed by atoms with E-state index in [4.69, 9.17) is 5.11 Å². The van der Waals surface area contributed by atoms with Crippen LogP contribution in [0.4, 0.5) is 0 Å². The molecule has 0 amide bonds. The van der Waals surface area contributed by atoms with Crippen LogP contribution in [0.1, 0.15) is 57.2 Å². The van der Waals surface area contributed by atoms with Gasteiger partial charge in [0.1, 0.15) is 5.60 Å². The summed E-state index contributed by atoms with van der Waals surface area (Å²) in [6.07, 6.45) is 0.117. The van der Waals surface area contributed by atoms with Crippen LogP contribution in [0.15, 0.2) is 18.2 Å². The first-order valence-corrected chi connectivity index (χ1v) is 6.66. The number of hydrogen-bond acceptors (Lipinski definition) is 2. The molecule has 0 aliphatic carbocycles. The number of carboxylic acid groups (broad SMARTS) is 1. The third-order valence-electron chi connectivity index (χ3n) is 3.63. The van der Waals surface area contributed by atoms with Crippen molar-refractivity contribution in [2.24, 2.45) is 0 Å². The molecule has 19 heavy (non-hydrogen) atoms. The summed E-state index contributed by atoms with van der Waals surface area (Å²) in [5.74, 6) is -0.982. The summed E-state index contributed by atoms with van der Waals surface area (Å²) >= 11 is 0. The van der Waals surface area contributed by atoms with E-state index < -0.39 is 11.6 Å². The van der Waals surface area contributed by atoms with E-state index in [1.165, 1.54) is 0 Å². The molecule has 0 saturated heterocycles. The maximum Gasteiger partial charge on any atom is 0.306 e. The normalized spacial score (nSPS) is 15.1. The third kappa shape index (κ3) is 3.57. The highest BCUT2D eigenvalue weighted by molar-refractivity contribution is 5.68. The highest BCUT2D eigenvalue weighted by atomic mass is 16.4. The Bertz CT molecular complexity index is 471. The summed E-state index contributed by atoms with van der Waals surface area (Å²) in [6.45, 7) is 10.0. The Morgan fingerprint density at radius 1 is 1.26 bits per heavy atom. The van der Waals surface area contributed by atoms with Gasteiger partial charge in [0.25, 0.3) is 0 Å². The number of aliphatic hydroxyl groups is 1. The minimum absolute atomic E-state index is 0.0275. The molecule has 1 aromatic rings. The zero-order chi connectivity index (χ0) is 14.8. The van der Waals surface area contributed by atoms with Crippen molar-refractivity contribution >= 4 is 5.97 Å². The number of hydrogen-bond donors (Lipinski definition) is 2. The van der Waals surface area contributed by atoms with Crippen molar-refractivity contribution in [1.29, 1.82) is 0 Å². The monoisotopic (exact) mass is 264 g/mol. The van der Waals surface area contributed by atoms with E-state index in [9.17, 15) is 9.90 Å². The molecule has 2 N–H and O–H groups in total. The van der Waals surface area contributed by atoms with Crippen molar-refractivity contribution < 1.29 is 15.0 Å². The minimum Gasteiger partial charge on any atom is -0.481 e. The average Bonchev–Trinajstić information content (AvgIpc) is 2.26. The molecule has 0 saturated carbocycles. The highest BCUT2D eigenvalue weighted by Crippen LogP contribution is 2.34. The van der Waals surface area contributed by atoms with Crippen molar-refractivity contribution in [3.8, 4) is 0 Å². The second-order valence-electron chi connectivity index (χ2n) is 6.24. The zero-order valence-corrected chi connectivity index (χ0v) is 12.4. The number of carbonyl (C=O) groups is 1. The van der Waals surface area contributed by atoms with Gasteiger partial charge in [0.15, 0.2) is 0 Å². The lowest BCUT2D eigenvalue weighted by Gasteiger charge is -2.30. The Kier molecular flexibility index (Phi) is 4.41. The predicted molar refractivity (Wildman–Crippen MR) is 76.3 cm³/mol. The quantitative estimate of drug-likeness (QED) is 0.876. The van der Waals surface area contributed by atoms with Gasteiger partial charge in [-0.15, -0.1) is 0 Å². The fourth-order valence-corrected chi connectivity index (χ4v) is 2.25. The van der Waals surface area contributed by atoms with Gasteiger partial charge in [0.05, 0.1) is 6.42 Å². The van der Waals surface area contributed by atoms with E-state index in [0.29, 0.717) is 6.42 Å². The van der Waals surface area contributed by atoms with E-state index in [2.05, 4.69) is 20.8 Å². The Balaban J connectivity index is 3.35. The van der Waals surface area contributed by atoms with Gasteiger partial charge in [-0.05, 0) is 35.4 Å². The second-order valence-corrected chi connectivity index (χ2v) is 6.24. The van der Waals surface area contributed by atoms with E-state index in [1.54, 1.807) is 0 Å². The predicted octanol–water partition coefficient (Wildman–Crippen LogP) is 3.36. The van der Waals surface area contributed by atoms with E-state index in [0.717, 1.165) is 16.7 Å². The van der Waals surface area contributed by atoms with Crippen molar-refractivity contribution in [3.63, 3.8) is 0 Å². The van der Waals surface area contributed by atoms with Crippen molar-refractivity contribution in [1.82, 2.24) is 0 Å². The lowest BCUT2D eigenvalue weighted by Crippen LogP contribution is -2.29. The van der Waals surface area contributed by atoms with Crippen LogP contribution in [-0.2, 0) is 15.8 Å². The topological polar surface area (TPSA) is 57.5 Å². The second kappa shape index (κ2) is 5.33. The van der Waals surface area contributed by atoms with Crippen molar-refractivity contribution in [2.75, 3.05) is 0 Å². The Hall–Kier alpha value is -1.35. The van der Waals surface area contributed by atoms with Crippen LogP contribution in [0.3, 0.4) is 0 Å². The molecule has 1 aromatic carbocycles. The first kappa shape index (κ1) is 15.7. The summed E-state index contributed by atoms with van der Waals surface area (Å²) in [5.41, 5.74) is 1.44. The number of benzene rings is 1. The van der Waals surface area contributed by atoms with Gasteiger partial charge in [0.2, 0.25) is 0 Å². The summed E-state index contributed by atoms with van der Waals surface area (Å²) in [5, 5.41) is 19.7. The Morgan fingerprint density at radius 3 is 2.26 bits per heavy atom. The van der Waals surface area contributed by atoms with Crippen LogP contribution in [0.2, 0.25) is 0 Å². The van der Waals surface area contributed by atoms with Crippen LogP contribution >= 0.6 is 0 Å². The lowest BCUT2D eigenvalue weighted by molar-refractivity contribution is -0.143. The number of aliphatic carboxylic acids is 1. The van der Waals surface area contributed by atoms with Crippen LogP contribution in [0.25, 0.3) is 0 Å². The first-order chi connectivity index (χ1) is 8.60. The van der Waals surface area contributed by atoms with Crippen LogP contribution < -0.4 is 0 Å². The standard InChI is InChI=1S/C16H24O3/c1-6-16(19,10-14(17)18)13-9-12(15(3,4)5)8-7-11(13)2/h7-9,19H,6,10H2,1-5H3,(H,17,18). The molecule has 0 aliphatic rings. The maximum atomic E-state index is 11.0. The third-order valence-corrected chi connectivity index (χ3v) is 3.63. The average molecular weight is 264 g/mol. The fourth-order valence-electron chi connectivity index (χ4n) is 2.25. The molecular formula is C16H24O3. The molecule has 0 bridgehead atoms. The van der Waals surface area contributed by atoms with Gasteiger partial charge in [-0.3, -0.25) is 4.79 Å². The summed E-state index contributed by atoms with van der Waals surface area (Å²) in [4.78, 5) is 11.0. The molecule has 0 fully saturated rings. The molecule has 1 atom stereocenters. The largest absolute Gasteiger partial charge is 0.481 e. The van der Waals surface area contributed by atoms with Crippen LogP contribution in [-0.4, -0.2) is 16.2 Å². The van der Waals surface area contributed by atoms with Crippen molar-refractivity contribution in [2.45, 2.75) is 58.5 Å². The Morgan fingerprint density at radius 2 is 1.84 bits per heavy atom. The van der Waals surface area contributed by atoms with Gasteiger partial charge in [-0.1, -0.05) is 45.9 Å². The maximum absolute atomic E-state index is 11.0. The van der Waals surface area contributed by atoms with E-state index >= 15 is 0 Å². The molecular weight excluding hydrogens is 240 g/mol. The highest BCUT2D eigenvalue weighted by Gasteiger charge is 2.32. The fraction of sp³-hybridized carbons (Fsp3) is 0.562. The number of aryl methyl sites for hydroxylation is 1. The van der Waals surface area contributed by atoms with Gasteiger partial charge in [-0.25, -0.2) is 0 Å². The van der Waals surface area contributed by atoms with E-state index in [-0.39, 0.29) is 11.8 Å². The molecule has 1 unspecified atom stereocenters. The summed E-state index contributed by atoms with van der Waals surface area (Å²) in [7, 11) is 0. The molecule has 0 radical (unpaired) electrons. The van der Waals surface area contributed by atoms with Crippen molar-refractivity contribution in [3.05, 3.63) is 34.9 Å². The van der Waals surface area contributed by atoms with Gasteiger partial charge < -0.3 is 10.2 Å². The van der Waals surface area contributed by atoms with E-state index in [1.807, 2.05) is 32.0 Å². The lowest BCUT2D eigenvalue weighted by atomic mass is 9.79. The smallest absolute Gasteiger partial charge is 0.306 e. The van der Waals surface area contributed by atoms with Gasteiger partial charge >= 0.3 is 5.97 Å². The summed E-state index contributed by atoms with van der Waals surface area (Å²) < 4.78 is 0. The first-order valence-electron chi connectivity index (χ1n) is 6.66. The molecule has 1 rings (SSSR count). The summed E-state index contributed by atoms with van der Waals surface area (Å²) in [6, 6.07) is 5.94. The SMILES string of the molecule is CCC(O)(CC(=O)O)c1cc(C(C)(C)C)ccc1C. The molecule has 3 heteroatoms. The zero-order valence-electron chi connectivity index (χ0n) is 12.4. The molecule has 3 nitrogen and oxygen atoms in total. The molecule has 0 heterocycles. The number of rotatable bonds is 4. The van der Waals surface area contributed by atoms with Gasteiger partial charge in [-0.2, -0.15) is 0 Å². The minimum atomic E-state index is -1.29. The van der Waals surface area contributed by atoms with Crippen LogP contribution in [0.5, 0.6) is 0 Å². The van der Waals surface area contributed by atoms with Crippen LogP contribution in [0, 0.1) is 6.92 Å².